The van der Waals surface area contributed by atoms with E-state index in [4.69, 9.17) is 4.74 Å². The molecule has 2 heterocycles. The highest BCUT2D eigenvalue weighted by atomic mass is 32.1. The van der Waals surface area contributed by atoms with E-state index >= 15 is 0 Å². The van der Waals surface area contributed by atoms with Gasteiger partial charge in [0.15, 0.2) is 0 Å². The summed E-state index contributed by atoms with van der Waals surface area (Å²) in [7, 11) is 0. The number of hydrogen-bond donors (Lipinski definition) is 1. The van der Waals surface area contributed by atoms with Gasteiger partial charge in [0.05, 0.1) is 21.6 Å². The summed E-state index contributed by atoms with van der Waals surface area (Å²) in [6.45, 7) is 15.7. The number of amides is 2. The van der Waals surface area contributed by atoms with Gasteiger partial charge < -0.3 is 10.1 Å². The van der Waals surface area contributed by atoms with Gasteiger partial charge in [0.25, 0.3) is 0 Å². The van der Waals surface area contributed by atoms with Gasteiger partial charge in [-0.25, -0.2) is 9.78 Å². The number of aryl methyl sites for hydroxylation is 1. The first-order chi connectivity index (χ1) is 14.4. The first kappa shape index (κ1) is 23.0. The molecule has 0 bridgehead atoms. The summed E-state index contributed by atoms with van der Waals surface area (Å²) in [6.07, 6.45) is -0.0570. The topological polar surface area (TPSA) is 71.5 Å². The molecule has 1 aromatic heterocycles. The smallest absolute Gasteiger partial charge is 0.411 e. The van der Waals surface area contributed by atoms with Crippen LogP contribution in [0.3, 0.4) is 0 Å². The lowest BCUT2D eigenvalue weighted by atomic mass is 9.92. The summed E-state index contributed by atoms with van der Waals surface area (Å²) in [4.78, 5) is 32.7. The van der Waals surface area contributed by atoms with Crippen molar-refractivity contribution in [2.75, 3.05) is 6.54 Å². The van der Waals surface area contributed by atoms with E-state index in [0.717, 1.165) is 27.3 Å². The average molecular weight is 442 g/mol. The third kappa shape index (κ3) is 5.34. The van der Waals surface area contributed by atoms with Crippen LogP contribution in [0.15, 0.2) is 41.9 Å². The number of hydrogen-bond acceptors (Lipinski definition) is 5. The molecule has 0 spiro atoms. The maximum Gasteiger partial charge on any atom is 0.411 e. The van der Waals surface area contributed by atoms with E-state index in [-0.39, 0.29) is 5.91 Å². The van der Waals surface area contributed by atoms with Crippen LogP contribution in [0.4, 0.5) is 4.79 Å². The second kappa shape index (κ2) is 8.46. The van der Waals surface area contributed by atoms with Crippen molar-refractivity contribution in [2.45, 2.75) is 65.1 Å². The van der Waals surface area contributed by atoms with Gasteiger partial charge >= 0.3 is 6.09 Å². The van der Waals surface area contributed by atoms with Gasteiger partial charge in [-0.1, -0.05) is 36.4 Å². The SMILES string of the molecule is C=C1C[C@@H](C(=O)NC(C)(C)c2ccc(-c3scnc3C)cc2)N(C(=O)OC(C)(C)C)C1. The van der Waals surface area contributed by atoms with Crippen LogP contribution in [-0.4, -0.2) is 40.1 Å². The normalized spacial score (nSPS) is 17.0. The molecule has 2 amide bonds. The maximum absolute atomic E-state index is 13.2. The highest BCUT2D eigenvalue weighted by Gasteiger charge is 2.40. The molecule has 0 unspecified atom stereocenters. The van der Waals surface area contributed by atoms with Crippen LogP contribution < -0.4 is 5.32 Å². The van der Waals surface area contributed by atoms with Gasteiger partial charge in [-0.15, -0.1) is 11.3 Å². The Morgan fingerprint density at radius 3 is 2.39 bits per heavy atom. The van der Waals surface area contributed by atoms with Crippen LogP contribution in [0, 0.1) is 6.92 Å². The molecule has 0 radical (unpaired) electrons. The van der Waals surface area contributed by atoms with Gasteiger partial charge in [-0.05, 0) is 59.1 Å². The van der Waals surface area contributed by atoms with Crippen LogP contribution in [0.25, 0.3) is 10.4 Å². The fourth-order valence-corrected chi connectivity index (χ4v) is 4.44. The van der Waals surface area contributed by atoms with Crippen molar-refractivity contribution in [2.24, 2.45) is 0 Å². The van der Waals surface area contributed by atoms with Crippen LogP contribution in [-0.2, 0) is 15.1 Å². The predicted molar refractivity (Wildman–Crippen MR) is 124 cm³/mol. The van der Waals surface area contributed by atoms with Crippen molar-refractivity contribution in [3.63, 3.8) is 0 Å². The van der Waals surface area contributed by atoms with E-state index in [1.54, 1.807) is 11.3 Å². The van der Waals surface area contributed by atoms with Crippen LogP contribution in [0.1, 0.15) is 52.3 Å². The molecular formula is C24H31N3O3S. The zero-order valence-corrected chi connectivity index (χ0v) is 19.9. The monoisotopic (exact) mass is 441 g/mol. The van der Waals surface area contributed by atoms with E-state index in [1.165, 1.54) is 4.90 Å². The molecule has 1 aromatic carbocycles. The van der Waals surface area contributed by atoms with E-state index in [9.17, 15) is 9.59 Å². The number of rotatable bonds is 4. The molecule has 166 valence electrons. The number of benzene rings is 1. The number of nitrogens with one attached hydrogen (secondary N) is 1. The van der Waals surface area contributed by atoms with E-state index in [1.807, 2.05) is 71.3 Å². The zero-order valence-electron chi connectivity index (χ0n) is 19.1. The molecule has 1 aliphatic heterocycles. The molecule has 0 saturated carbocycles. The van der Waals surface area contributed by atoms with E-state index in [0.29, 0.717) is 13.0 Å². The summed E-state index contributed by atoms with van der Waals surface area (Å²) in [5.74, 6) is -0.211. The molecule has 1 saturated heterocycles. The second-order valence-electron chi connectivity index (χ2n) is 9.54. The number of carbonyl (C=O) groups is 2. The molecule has 3 rings (SSSR count). The Morgan fingerprint density at radius 2 is 1.84 bits per heavy atom. The van der Waals surface area contributed by atoms with Gasteiger partial charge in [-0.3, -0.25) is 9.69 Å². The Kier molecular flexibility index (Phi) is 6.28. The van der Waals surface area contributed by atoms with Crippen LogP contribution in [0.5, 0.6) is 0 Å². The summed E-state index contributed by atoms with van der Waals surface area (Å²) in [6, 6.07) is 7.52. The average Bonchev–Trinajstić information content (AvgIpc) is 3.26. The van der Waals surface area contributed by atoms with Gasteiger partial charge in [0, 0.05) is 6.54 Å². The summed E-state index contributed by atoms with van der Waals surface area (Å²) in [5, 5.41) is 3.11. The van der Waals surface area contributed by atoms with Crippen molar-refractivity contribution >= 4 is 23.3 Å². The predicted octanol–water partition coefficient (Wildman–Crippen LogP) is 5.04. The molecule has 1 atom stereocenters. The van der Waals surface area contributed by atoms with Crippen molar-refractivity contribution in [1.82, 2.24) is 15.2 Å². The zero-order chi connectivity index (χ0) is 23.0. The number of carbonyl (C=O) groups excluding carboxylic acids is 2. The van der Waals surface area contributed by atoms with Crippen molar-refractivity contribution in [3.05, 3.63) is 53.2 Å². The molecule has 6 nitrogen and oxygen atoms in total. The molecule has 2 aromatic rings. The fourth-order valence-electron chi connectivity index (χ4n) is 3.63. The Bertz CT molecular complexity index is 986. The summed E-state index contributed by atoms with van der Waals surface area (Å²) >= 11 is 1.61. The minimum Gasteiger partial charge on any atom is -0.444 e. The van der Waals surface area contributed by atoms with Crippen molar-refractivity contribution in [1.29, 1.82) is 0 Å². The molecular weight excluding hydrogens is 410 g/mol. The molecule has 7 heteroatoms. The van der Waals surface area contributed by atoms with Crippen LogP contribution in [0.2, 0.25) is 0 Å². The fraction of sp³-hybridized carbons (Fsp3) is 0.458. The van der Waals surface area contributed by atoms with Crippen molar-refractivity contribution < 1.29 is 14.3 Å². The lowest BCUT2D eigenvalue weighted by molar-refractivity contribution is -0.127. The highest BCUT2D eigenvalue weighted by molar-refractivity contribution is 7.13. The third-order valence-corrected chi connectivity index (χ3v) is 6.21. The molecule has 31 heavy (non-hydrogen) atoms. The number of likely N-dealkylation sites (tertiary alicyclic amines) is 1. The molecule has 0 aliphatic carbocycles. The Labute approximate surface area is 188 Å². The lowest BCUT2D eigenvalue weighted by Gasteiger charge is -2.32. The van der Waals surface area contributed by atoms with E-state index < -0.39 is 23.3 Å². The first-order valence-corrected chi connectivity index (χ1v) is 11.2. The molecule has 1 fully saturated rings. The number of thiazole rings is 1. The minimum atomic E-state index is -0.626. The Morgan fingerprint density at radius 1 is 1.19 bits per heavy atom. The highest BCUT2D eigenvalue weighted by Crippen LogP contribution is 2.30. The standard InChI is InChI=1S/C24H31N3O3S/c1-15-12-19(27(13-15)22(29)30-23(3,4)5)21(28)26-24(6,7)18-10-8-17(9-11-18)20-16(2)25-14-31-20/h8-11,14,19H,1,12-13H2,2-7H3,(H,26,28)/t19-/m0/s1. The number of aromatic nitrogens is 1. The Balaban J connectivity index is 1.74. The largest absolute Gasteiger partial charge is 0.444 e. The van der Waals surface area contributed by atoms with Gasteiger partial charge in [0.2, 0.25) is 5.91 Å². The Hall–Kier alpha value is -2.67. The van der Waals surface area contributed by atoms with Gasteiger partial charge in [-0.2, -0.15) is 0 Å². The number of ether oxygens (including phenoxy) is 1. The minimum absolute atomic E-state index is 0.211. The lowest BCUT2D eigenvalue weighted by Crippen LogP contribution is -2.52. The van der Waals surface area contributed by atoms with Crippen LogP contribution >= 0.6 is 11.3 Å². The maximum atomic E-state index is 13.2. The van der Waals surface area contributed by atoms with E-state index in [2.05, 4.69) is 16.9 Å². The second-order valence-corrected chi connectivity index (χ2v) is 10.4. The molecule has 1 N–H and O–H groups in total. The van der Waals surface area contributed by atoms with Crippen molar-refractivity contribution in [3.8, 4) is 10.4 Å². The van der Waals surface area contributed by atoms with Gasteiger partial charge in [0.1, 0.15) is 11.6 Å². The first-order valence-electron chi connectivity index (χ1n) is 10.4. The molecule has 1 aliphatic rings. The number of nitrogens with zero attached hydrogens (tertiary/aromatic N) is 2. The summed E-state index contributed by atoms with van der Waals surface area (Å²) < 4.78 is 5.49. The summed E-state index contributed by atoms with van der Waals surface area (Å²) in [5.41, 5.74) is 4.54. The quantitative estimate of drug-likeness (QED) is 0.675. The third-order valence-electron chi connectivity index (χ3n) is 5.23.